The van der Waals surface area contributed by atoms with E-state index in [2.05, 4.69) is 289 Å². The van der Waals surface area contributed by atoms with E-state index >= 15 is 0 Å². The number of hydrogen-bond acceptors (Lipinski definition) is 3. The van der Waals surface area contributed by atoms with Gasteiger partial charge in [0.25, 0.3) is 0 Å². The summed E-state index contributed by atoms with van der Waals surface area (Å²) in [6, 6.07) is 102. The van der Waals surface area contributed by atoms with Gasteiger partial charge in [-0.05, 0) is 128 Å². The number of ether oxygens (including phenoxy) is 2. The molecule has 1 aromatic heterocycles. The Hall–Kier alpha value is -10.2. The van der Waals surface area contributed by atoms with Crippen LogP contribution in [-0.4, -0.2) is 4.57 Å². The third kappa shape index (κ3) is 5.98. The van der Waals surface area contributed by atoms with Crippen LogP contribution >= 0.6 is 0 Å². The number of para-hydroxylation sites is 6. The average Bonchev–Trinajstić information content (AvgIpc) is 2.99. The van der Waals surface area contributed by atoms with Gasteiger partial charge >= 0.3 is 0 Å². The van der Waals surface area contributed by atoms with Crippen molar-refractivity contribution in [2.45, 2.75) is 17.4 Å². The zero-order chi connectivity index (χ0) is 51.8. The highest BCUT2D eigenvalue weighted by molar-refractivity contribution is 6.10. The molecule has 0 N–H and O–H groups in total. The summed E-state index contributed by atoms with van der Waals surface area (Å²) in [6.07, 6.45) is 0. The van der Waals surface area contributed by atoms with Crippen LogP contribution in [0.5, 0.6) is 23.0 Å². The normalized spacial score (nSPS) is 14.0. The van der Waals surface area contributed by atoms with Crippen LogP contribution in [0, 0.1) is 0 Å². The van der Waals surface area contributed by atoms with Crippen LogP contribution in [0.25, 0.3) is 60.9 Å². The van der Waals surface area contributed by atoms with Gasteiger partial charge in [0, 0.05) is 62.2 Å². The van der Waals surface area contributed by atoms with Gasteiger partial charge in [-0.2, -0.15) is 0 Å². The van der Waals surface area contributed by atoms with Crippen molar-refractivity contribution in [3.05, 3.63) is 329 Å². The molecule has 2 aliphatic carbocycles. The molecule has 0 amide bonds. The Bertz CT molecular complexity index is 4570. The summed E-state index contributed by atoms with van der Waals surface area (Å²) in [6.45, 7) is 0.597. The molecule has 370 valence electrons. The van der Waals surface area contributed by atoms with E-state index in [-0.39, 0.29) is 0 Å². The molecule has 0 radical (unpaired) electrons. The molecule has 0 saturated heterocycles. The maximum Gasteiger partial charge on any atom is 0.132 e. The molecule has 0 saturated carbocycles. The fourth-order valence-electron chi connectivity index (χ4n) is 14.5. The molecule has 12 aromatic carbocycles. The van der Waals surface area contributed by atoms with E-state index in [1.165, 1.54) is 77.4 Å². The Morgan fingerprint density at radius 2 is 0.785 bits per heavy atom. The Balaban J connectivity index is 0.884. The van der Waals surface area contributed by atoms with Gasteiger partial charge in [-0.3, -0.25) is 0 Å². The predicted molar refractivity (Wildman–Crippen MR) is 320 cm³/mol. The van der Waals surface area contributed by atoms with Crippen molar-refractivity contribution in [3.8, 4) is 62.1 Å². The fourth-order valence-corrected chi connectivity index (χ4v) is 14.5. The van der Waals surface area contributed by atoms with Gasteiger partial charge < -0.3 is 18.9 Å². The lowest BCUT2D eigenvalue weighted by atomic mass is 9.66. The van der Waals surface area contributed by atoms with E-state index in [1.807, 2.05) is 0 Å². The number of fused-ring (bicyclic) bond motifs is 21. The SMILES string of the molecule is c1ccc(-n2c3ccccc3c3cc(-c4ccc(N(Cc5cccc6c5-c5ccccc5C65c6ccccc6Oc6ccccc65)c5cccc6c5-c5ccccc5C65c6ccccc6Oc6ccccc65)cc4)ccc32)cc1. The Kier molecular flexibility index (Phi) is 9.29. The lowest BCUT2D eigenvalue weighted by Gasteiger charge is -2.39. The van der Waals surface area contributed by atoms with E-state index in [0.717, 1.165) is 67.9 Å². The molecule has 4 heteroatoms. The highest BCUT2D eigenvalue weighted by Gasteiger charge is 2.53. The number of anilines is 2. The first kappa shape index (κ1) is 44.0. The van der Waals surface area contributed by atoms with Gasteiger partial charge in [0.05, 0.1) is 21.9 Å². The average molecular weight is 1010 g/mol. The summed E-state index contributed by atoms with van der Waals surface area (Å²) in [7, 11) is 0. The number of rotatable bonds is 6. The Morgan fingerprint density at radius 3 is 1.39 bits per heavy atom. The largest absolute Gasteiger partial charge is 0.457 e. The summed E-state index contributed by atoms with van der Waals surface area (Å²) >= 11 is 0. The lowest BCUT2D eigenvalue weighted by Crippen LogP contribution is -2.32. The smallest absolute Gasteiger partial charge is 0.132 e. The van der Waals surface area contributed by atoms with E-state index in [4.69, 9.17) is 9.47 Å². The zero-order valence-corrected chi connectivity index (χ0v) is 43.0. The quantitative estimate of drug-likeness (QED) is 0.166. The molecule has 4 aliphatic rings. The zero-order valence-electron chi connectivity index (χ0n) is 43.0. The van der Waals surface area contributed by atoms with Gasteiger partial charge in [-0.1, -0.05) is 206 Å². The number of nitrogens with zero attached hydrogens (tertiary/aromatic N) is 2. The minimum atomic E-state index is -0.617. The summed E-state index contributed by atoms with van der Waals surface area (Å²) in [5.41, 5.74) is 22.8. The van der Waals surface area contributed by atoms with Crippen molar-refractivity contribution in [1.29, 1.82) is 0 Å². The third-order valence-corrected chi connectivity index (χ3v) is 17.6. The van der Waals surface area contributed by atoms with Crippen molar-refractivity contribution in [1.82, 2.24) is 4.57 Å². The molecule has 2 spiro atoms. The van der Waals surface area contributed by atoms with Crippen LogP contribution in [-0.2, 0) is 17.4 Å². The number of hydrogen-bond donors (Lipinski definition) is 0. The van der Waals surface area contributed by atoms with Crippen molar-refractivity contribution in [3.63, 3.8) is 0 Å². The van der Waals surface area contributed by atoms with Crippen LogP contribution < -0.4 is 14.4 Å². The first-order valence-electron chi connectivity index (χ1n) is 27.4. The van der Waals surface area contributed by atoms with Crippen LogP contribution in [0.1, 0.15) is 50.1 Å². The van der Waals surface area contributed by atoms with Gasteiger partial charge in [-0.15, -0.1) is 0 Å². The molecule has 79 heavy (non-hydrogen) atoms. The molecule has 0 unspecified atom stereocenters. The molecule has 3 heterocycles. The number of benzene rings is 12. The Labute approximate surface area is 458 Å². The second-order valence-corrected chi connectivity index (χ2v) is 21.4. The van der Waals surface area contributed by atoms with Gasteiger partial charge in [-0.25, -0.2) is 0 Å². The van der Waals surface area contributed by atoms with Crippen molar-refractivity contribution in [2.75, 3.05) is 4.90 Å². The van der Waals surface area contributed by atoms with E-state index in [0.29, 0.717) is 6.54 Å². The monoisotopic (exact) mass is 1010 g/mol. The maximum absolute atomic E-state index is 6.78. The second-order valence-electron chi connectivity index (χ2n) is 21.4. The van der Waals surface area contributed by atoms with Crippen molar-refractivity contribution >= 4 is 33.2 Å². The summed E-state index contributed by atoms with van der Waals surface area (Å²) in [5, 5.41) is 2.47. The summed E-state index contributed by atoms with van der Waals surface area (Å²) < 4.78 is 15.9. The van der Waals surface area contributed by atoms with Crippen molar-refractivity contribution < 1.29 is 9.47 Å². The fraction of sp³-hybridized carbons (Fsp3) is 0.0400. The van der Waals surface area contributed by atoms with Crippen LogP contribution in [0.2, 0.25) is 0 Å². The summed E-state index contributed by atoms with van der Waals surface area (Å²) in [4.78, 5) is 2.58. The van der Waals surface area contributed by atoms with Crippen molar-refractivity contribution in [2.24, 2.45) is 0 Å². The third-order valence-electron chi connectivity index (χ3n) is 17.6. The van der Waals surface area contributed by atoms with E-state index in [9.17, 15) is 0 Å². The minimum absolute atomic E-state index is 0.586. The minimum Gasteiger partial charge on any atom is -0.457 e. The van der Waals surface area contributed by atoms with Gasteiger partial charge in [0.1, 0.15) is 23.0 Å². The molecule has 4 nitrogen and oxygen atoms in total. The highest BCUT2D eigenvalue weighted by Crippen LogP contribution is 2.65. The first-order chi connectivity index (χ1) is 39.2. The molecule has 0 atom stereocenters. The predicted octanol–water partition coefficient (Wildman–Crippen LogP) is 18.7. The topological polar surface area (TPSA) is 26.6 Å². The van der Waals surface area contributed by atoms with E-state index < -0.39 is 10.8 Å². The van der Waals surface area contributed by atoms with Crippen LogP contribution in [0.4, 0.5) is 11.4 Å². The standard InChI is InChI=1S/C75H48N2O2/c1-2-21-52(22-3-1)77-65-34-13-6-23-53(65)56-46-49(42-45-66(56)77)48-40-43-51(44-41-48)76(67-35-19-33-64-73(67)55-25-5-8-27-58(55)75(64)61-30-11-16-38-70(61)79-71-39-17-12-31-62(71)75)47-50-20-18-32-63-72(50)54-24-4-7-26-57(54)74(63)59-28-9-14-36-68(59)78-69-37-15-10-29-60(69)74/h1-46H,47H2. The van der Waals surface area contributed by atoms with Gasteiger partial charge in [0.15, 0.2) is 0 Å². The van der Waals surface area contributed by atoms with Crippen LogP contribution in [0.15, 0.2) is 279 Å². The molecule has 17 rings (SSSR count). The number of aromatic nitrogens is 1. The molecule has 13 aromatic rings. The molecular formula is C75H48N2O2. The molecule has 0 fully saturated rings. The molecule has 2 aliphatic heterocycles. The van der Waals surface area contributed by atoms with Crippen LogP contribution in [0.3, 0.4) is 0 Å². The lowest BCUT2D eigenvalue weighted by molar-refractivity contribution is 0.436. The molecular weight excluding hydrogens is 961 g/mol. The van der Waals surface area contributed by atoms with E-state index in [1.54, 1.807) is 0 Å². The summed E-state index contributed by atoms with van der Waals surface area (Å²) in [5.74, 6) is 3.54. The second kappa shape index (κ2) is 16.7. The maximum atomic E-state index is 6.78. The van der Waals surface area contributed by atoms with Gasteiger partial charge in [0.2, 0.25) is 0 Å². The Morgan fingerprint density at radius 1 is 0.329 bits per heavy atom. The first-order valence-corrected chi connectivity index (χ1v) is 27.4. The molecule has 0 bridgehead atoms. The highest BCUT2D eigenvalue weighted by atomic mass is 16.5.